The smallest absolute Gasteiger partial charge is 0.151 e. The summed E-state index contributed by atoms with van der Waals surface area (Å²) in [7, 11) is -2.87. The van der Waals surface area contributed by atoms with Crippen molar-refractivity contribution >= 4 is 21.2 Å². The zero-order valence-electron chi connectivity index (χ0n) is 11.5. The van der Waals surface area contributed by atoms with Crippen LogP contribution in [0.15, 0.2) is 11.4 Å². The van der Waals surface area contributed by atoms with Gasteiger partial charge in [0.2, 0.25) is 0 Å². The van der Waals surface area contributed by atoms with Gasteiger partial charge in [-0.15, -0.1) is 11.3 Å². The van der Waals surface area contributed by atoms with E-state index in [-0.39, 0.29) is 17.8 Å². The minimum absolute atomic E-state index is 0.00171. The zero-order chi connectivity index (χ0) is 14.0. The molecular formula is C13H22N2O2S2. The van der Waals surface area contributed by atoms with Crippen LogP contribution in [-0.2, 0) is 9.84 Å². The van der Waals surface area contributed by atoms with Gasteiger partial charge in [0.25, 0.3) is 0 Å². The lowest BCUT2D eigenvalue weighted by Crippen LogP contribution is -2.40. The van der Waals surface area contributed by atoms with Crippen molar-refractivity contribution in [3.05, 3.63) is 21.9 Å². The van der Waals surface area contributed by atoms with Gasteiger partial charge in [0, 0.05) is 17.5 Å². The average Bonchev–Trinajstić information content (AvgIpc) is 2.63. The molecular weight excluding hydrogens is 280 g/mol. The minimum atomic E-state index is -2.87. The van der Waals surface area contributed by atoms with Crippen molar-refractivity contribution in [3.8, 4) is 0 Å². The van der Waals surface area contributed by atoms with E-state index in [4.69, 9.17) is 5.73 Å². The molecule has 1 aromatic heterocycles. The molecule has 2 N–H and O–H groups in total. The van der Waals surface area contributed by atoms with Crippen LogP contribution in [0, 0.1) is 6.92 Å². The highest BCUT2D eigenvalue weighted by Crippen LogP contribution is 2.31. The molecule has 0 saturated carbocycles. The summed E-state index contributed by atoms with van der Waals surface area (Å²) in [5, 5.41) is 2.08. The Labute approximate surface area is 119 Å². The highest BCUT2D eigenvalue weighted by molar-refractivity contribution is 7.91. The van der Waals surface area contributed by atoms with Gasteiger partial charge < -0.3 is 5.73 Å². The van der Waals surface area contributed by atoms with Gasteiger partial charge in [0.05, 0.1) is 17.5 Å². The van der Waals surface area contributed by atoms with E-state index in [9.17, 15) is 8.42 Å². The normalized spacial score (nSPS) is 23.7. The Morgan fingerprint density at radius 1 is 1.37 bits per heavy atom. The Morgan fingerprint density at radius 2 is 2.11 bits per heavy atom. The molecule has 6 heteroatoms. The summed E-state index contributed by atoms with van der Waals surface area (Å²) >= 11 is 1.72. The predicted octanol–water partition coefficient (Wildman–Crippen LogP) is 1.57. The van der Waals surface area contributed by atoms with Crippen molar-refractivity contribution in [2.75, 3.05) is 24.6 Å². The lowest BCUT2D eigenvalue weighted by atomic mass is 10.0. The number of hydrogen-bond acceptors (Lipinski definition) is 5. The second-order valence-electron chi connectivity index (χ2n) is 5.31. The van der Waals surface area contributed by atoms with Gasteiger partial charge in [-0.2, -0.15) is 0 Å². The van der Waals surface area contributed by atoms with E-state index >= 15 is 0 Å². The van der Waals surface area contributed by atoms with E-state index < -0.39 is 9.84 Å². The molecule has 1 fully saturated rings. The van der Waals surface area contributed by atoms with Crippen molar-refractivity contribution in [2.45, 2.75) is 32.4 Å². The first kappa shape index (κ1) is 15.0. The van der Waals surface area contributed by atoms with Crippen LogP contribution in [0.4, 0.5) is 0 Å². The summed E-state index contributed by atoms with van der Waals surface area (Å²) in [6, 6.07) is 2.23. The Hall–Kier alpha value is -0.430. The molecule has 2 rings (SSSR count). The third kappa shape index (κ3) is 3.56. The van der Waals surface area contributed by atoms with E-state index in [1.54, 1.807) is 11.3 Å². The largest absolute Gasteiger partial charge is 0.326 e. The molecule has 2 heterocycles. The van der Waals surface area contributed by atoms with Gasteiger partial charge in [-0.25, -0.2) is 8.42 Å². The molecule has 0 spiro atoms. The van der Waals surface area contributed by atoms with Crippen LogP contribution in [0.5, 0.6) is 0 Å². The third-order valence-electron chi connectivity index (χ3n) is 3.65. The Morgan fingerprint density at radius 3 is 2.68 bits per heavy atom. The van der Waals surface area contributed by atoms with Gasteiger partial charge >= 0.3 is 0 Å². The summed E-state index contributed by atoms with van der Waals surface area (Å²) in [6.07, 6.45) is 0.704. The topological polar surface area (TPSA) is 63.4 Å². The maximum Gasteiger partial charge on any atom is 0.151 e. The standard InChI is InChI=1S/C13H22N2O2S2/c1-10-4-7-18-13(10)12(11(2)14)15-5-3-8-19(16,17)9-6-15/h4,7,11-12H,3,5-6,8-9,14H2,1-2H3. The summed E-state index contributed by atoms with van der Waals surface area (Å²) in [4.78, 5) is 3.52. The van der Waals surface area contributed by atoms with Crippen molar-refractivity contribution in [1.29, 1.82) is 0 Å². The number of nitrogens with zero attached hydrogens (tertiary/aromatic N) is 1. The Balaban J connectivity index is 2.23. The first-order valence-corrected chi connectivity index (χ1v) is 9.35. The quantitative estimate of drug-likeness (QED) is 0.920. The van der Waals surface area contributed by atoms with E-state index in [0.717, 1.165) is 6.54 Å². The second kappa shape index (κ2) is 5.91. The molecule has 1 aliphatic heterocycles. The molecule has 2 unspecified atom stereocenters. The molecule has 0 radical (unpaired) electrons. The summed E-state index contributed by atoms with van der Waals surface area (Å²) in [6.45, 7) is 5.49. The van der Waals surface area contributed by atoms with Crippen molar-refractivity contribution in [1.82, 2.24) is 4.90 Å². The number of rotatable bonds is 3. The second-order valence-corrected chi connectivity index (χ2v) is 8.56. The number of nitrogens with two attached hydrogens (primary N) is 1. The number of sulfone groups is 1. The van der Waals surface area contributed by atoms with Crippen LogP contribution >= 0.6 is 11.3 Å². The van der Waals surface area contributed by atoms with Crippen LogP contribution in [0.25, 0.3) is 0 Å². The van der Waals surface area contributed by atoms with Crippen LogP contribution in [0.2, 0.25) is 0 Å². The maximum atomic E-state index is 11.7. The fourth-order valence-corrected chi connectivity index (χ4v) is 5.12. The van der Waals surface area contributed by atoms with Gasteiger partial charge in [0.1, 0.15) is 0 Å². The average molecular weight is 302 g/mol. The molecule has 0 amide bonds. The van der Waals surface area contributed by atoms with Gasteiger partial charge in [-0.05, 0) is 43.8 Å². The number of aryl methyl sites for hydroxylation is 1. The molecule has 108 valence electrons. The minimum Gasteiger partial charge on any atom is -0.326 e. The van der Waals surface area contributed by atoms with E-state index in [1.807, 2.05) is 6.92 Å². The number of hydrogen-bond donors (Lipinski definition) is 1. The first-order valence-electron chi connectivity index (χ1n) is 6.65. The third-order valence-corrected chi connectivity index (χ3v) is 6.46. The van der Waals surface area contributed by atoms with E-state index in [1.165, 1.54) is 10.4 Å². The van der Waals surface area contributed by atoms with Crippen LogP contribution in [-0.4, -0.2) is 44.0 Å². The molecule has 0 bridgehead atoms. The predicted molar refractivity (Wildman–Crippen MR) is 80.3 cm³/mol. The fraction of sp³-hybridized carbons (Fsp3) is 0.692. The summed E-state index contributed by atoms with van der Waals surface area (Å²) in [5.41, 5.74) is 7.41. The molecule has 19 heavy (non-hydrogen) atoms. The van der Waals surface area contributed by atoms with Crippen LogP contribution in [0.1, 0.15) is 29.8 Å². The molecule has 1 aliphatic rings. The highest BCUT2D eigenvalue weighted by atomic mass is 32.2. The van der Waals surface area contributed by atoms with Gasteiger partial charge in [0.15, 0.2) is 9.84 Å². The van der Waals surface area contributed by atoms with Crippen LogP contribution < -0.4 is 5.73 Å². The fourth-order valence-electron chi connectivity index (χ4n) is 2.66. The first-order chi connectivity index (χ1) is 8.91. The van der Waals surface area contributed by atoms with Crippen molar-refractivity contribution in [2.24, 2.45) is 5.73 Å². The van der Waals surface area contributed by atoms with Gasteiger partial charge in [-0.1, -0.05) is 0 Å². The summed E-state index contributed by atoms with van der Waals surface area (Å²) < 4.78 is 23.4. The van der Waals surface area contributed by atoms with E-state index in [2.05, 4.69) is 23.3 Å². The molecule has 0 aromatic carbocycles. The molecule has 1 saturated heterocycles. The molecule has 2 atom stereocenters. The van der Waals surface area contributed by atoms with E-state index in [0.29, 0.717) is 18.7 Å². The van der Waals surface area contributed by atoms with Gasteiger partial charge in [-0.3, -0.25) is 4.90 Å². The number of thiophene rings is 1. The maximum absolute atomic E-state index is 11.7. The molecule has 1 aromatic rings. The molecule has 0 aliphatic carbocycles. The molecule has 4 nitrogen and oxygen atoms in total. The Bertz CT molecular complexity index is 523. The van der Waals surface area contributed by atoms with Crippen molar-refractivity contribution < 1.29 is 8.42 Å². The highest BCUT2D eigenvalue weighted by Gasteiger charge is 2.29. The Kier molecular flexibility index (Phi) is 4.66. The summed E-state index contributed by atoms with van der Waals surface area (Å²) in [5.74, 6) is 0.555. The van der Waals surface area contributed by atoms with Crippen LogP contribution in [0.3, 0.4) is 0 Å². The lowest BCUT2D eigenvalue weighted by Gasteiger charge is -2.33. The van der Waals surface area contributed by atoms with Crippen molar-refractivity contribution in [3.63, 3.8) is 0 Å². The monoisotopic (exact) mass is 302 g/mol. The zero-order valence-corrected chi connectivity index (χ0v) is 13.1. The lowest BCUT2D eigenvalue weighted by molar-refractivity contribution is 0.193. The SMILES string of the molecule is Cc1ccsc1C(C(C)N)N1CCCS(=O)(=O)CC1.